The number of hydrazine groups is 1. The summed E-state index contributed by atoms with van der Waals surface area (Å²) < 4.78 is 4.66. The van der Waals surface area contributed by atoms with Gasteiger partial charge in [-0.25, -0.2) is 9.80 Å². The minimum absolute atomic E-state index is 0.0168. The smallest absolute Gasteiger partial charge is 0.337 e. The molecule has 162 valence electrons. The molecule has 0 aromatic heterocycles. The van der Waals surface area contributed by atoms with Crippen LogP contribution in [0.25, 0.3) is 6.08 Å². The van der Waals surface area contributed by atoms with Crippen molar-refractivity contribution in [1.82, 2.24) is 5.43 Å². The summed E-state index contributed by atoms with van der Waals surface area (Å²) in [6, 6.07) is 13.6. The van der Waals surface area contributed by atoms with Crippen molar-refractivity contribution in [3.63, 3.8) is 0 Å². The Morgan fingerprint density at radius 2 is 1.65 bits per heavy atom. The third-order valence-corrected chi connectivity index (χ3v) is 5.05. The van der Waals surface area contributed by atoms with Crippen molar-refractivity contribution >= 4 is 58.4 Å². The summed E-state index contributed by atoms with van der Waals surface area (Å²) in [5.41, 5.74) is 5.00. The molecular weight excluding hydrogens is 441 g/mol. The number of carbonyl (C=O) groups is 3. The lowest BCUT2D eigenvalue weighted by atomic mass is 10.1. The first-order valence-electron chi connectivity index (χ1n) is 9.51. The largest absolute Gasteiger partial charge is 0.465 e. The molecule has 2 amide bonds. The zero-order chi connectivity index (χ0) is 22.4. The van der Waals surface area contributed by atoms with Gasteiger partial charge in [-0.15, -0.1) is 23.2 Å². The molecule has 2 aromatic rings. The van der Waals surface area contributed by atoms with E-state index in [0.717, 1.165) is 10.7 Å². The van der Waals surface area contributed by atoms with Crippen LogP contribution in [-0.4, -0.2) is 49.7 Å². The van der Waals surface area contributed by atoms with Gasteiger partial charge in [0.1, 0.15) is 5.57 Å². The zero-order valence-electron chi connectivity index (χ0n) is 16.8. The maximum Gasteiger partial charge on any atom is 0.337 e. The molecule has 9 heteroatoms. The Balaban J connectivity index is 1.78. The lowest BCUT2D eigenvalue weighted by Crippen LogP contribution is -2.35. The van der Waals surface area contributed by atoms with Crippen LogP contribution in [0.5, 0.6) is 0 Å². The molecular formula is C22H21Cl2N3O4. The van der Waals surface area contributed by atoms with Gasteiger partial charge in [-0.2, -0.15) is 0 Å². The normalized spacial score (nSPS) is 14.7. The number of rotatable bonds is 8. The molecule has 3 rings (SSSR count). The van der Waals surface area contributed by atoms with Crippen LogP contribution in [0.3, 0.4) is 0 Å². The molecule has 0 aliphatic carbocycles. The Morgan fingerprint density at radius 3 is 2.19 bits per heavy atom. The molecule has 1 aliphatic heterocycles. The molecule has 1 aliphatic rings. The third-order valence-electron chi connectivity index (χ3n) is 4.72. The first-order valence-corrected chi connectivity index (χ1v) is 10.6. The molecule has 1 heterocycles. The molecule has 2 aromatic carbocycles. The van der Waals surface area contributed by atoms with Crippen LogP contribution in [0, 0.1) is 0 Å². The number of halogens is 2. The molecule has 0 atom stereocenters. The van der Waals surface area contributed by atoms with Gasteiger partial charge in [-0.3, -0.25) is 15.0 Å². The highest BCUT2D eigenvalue weighted by atomic mass is 35.5. The predicted octanol–water partition coefficient (Wildman–Crippen LogP) is 3.22. The van der Waals surface area contributed by atoms with Gasteiger partial charge < -0.3 is 9.64 Å². The van der Waals surface area contributed by atoms with Crippen LogP contribution in [0.2, 0.25) is 0 Å². The summed E-state index contributed by atoms with van der Waals surface area (Å²) in [7, 11) is 1.29. The molecule has 1 N–H and O–H groups in total. The topological polar surface area (TPSA) is 79.0 Å². The number of hydrogen-bond donors (Lipinski definition) is 1. The summed E-state index contributed by atoms with van der Waals surface area (Å²) in [5, 5.41) is 1.15. The van der Waals surface area contributed by atoms with E-state index in [9.17, 15) is 14.4 Å². The molecule has 0 unspecified atom stereocenters. The van der Waals surface area contributed by atoms with Crippen LogP contribution in [-0.2, 0) is 14.3 Å². The number of carbonyl (C=O) groups excluding carboxylic acids is 3. The fourth-order valence-corrected chi connectivity index (χ4v) is 3.53. The number of nitrogens with zero attached hydrogens (tertiary/aromatic N) is 2. The third kappa shape index (κ3) is 5.18. The number of benzene rings is 2. The average Bonchev–Trinajstić information content (AvgIpc) is 3.07. The first kappa shape index (κ1) is 22.7. The molecule has 7 nitrogen and oxygen atoms in total. The molecule has 1 fully saturated rings. The number of nitrogens with one attached hydrogen (secondary N) is 1. The SMILES string of the molecule is COC(=O)c1ccc(N2NC(=O)/C(=C/c3ccc(N(CCCl)CCCl)cc3)C2=O)cc1. The summed E-state index contributed by atoms with van der Waals surface area (Å²) in [6.07, 6.45) is 1.54. The van der Waals surface area contributed by atoms with Crippen LogP contribution in [0.15, 0.2) is 54.1 Å². The fourth-order valence-electron chi connectivity index (χ4n) is 3.13. The number of alkyl halides is 2. The first-order chi connectivity index (χ1) is 15.0. The second-order valence-corrected chi connectivity index (χ2v) is 7.39. The van der Waals surface area contributed by atoms with E-state index >= 15 is 0 Å². The van der Waals surface area contributed by atoms with Gasteiger partial charge >= 0.3 is 5.97 Å². The van der Waals surface area contributed by atoms with Gasteiger partial charge in [0.05, 0.1) is 18.4 Å². The quantitative estimate of drug-likeness (QED) is 0.282. The van der Waals surface area contributed by atoms with E-state index in [1.807, 2.05) is 24.3 Å². The standard InChI is InChI=1S/C22H21Cl2N3O4/c1-31-22(30)16-4-8-18(9-5-16)27-21(29)19(20(28)25-27)14-15-2-6-17(7-3-15)26(12-10-23)13-11-24/h2-9,14H,10-13H2,1H3,(H,25,28)/b19-14-. The Morgan fingerprint density at radius 1 is 1.03 bits per heavy atom. The fraction of sp³-hybridized carbons (Fsp3) is 0.227. The van der Waals surface area contributed by atoms with Crippen molar-refractivity contribution in [2.45, 2.75) is 0 Å². The number of esters is 1. The van der Waals surface area contributed by atoms with Gasteiger partial charge in [-0.05, 0) is 48.0 Å². The molecule has 0 radical (unpaired) electrons. The number of methoxy groups -OCH3 is 1. The van der Waals surface area contributed by atoms with Crippen molar-refractivity contribution in [1.29, 1.82) is 0 Å². The summed E-state index contributed by atoms with van der Waals surface area (Å²) in [4.78, 5) is 38.8. The van der Waals surface area contributed by atoms with Crippen molar-refractivity contribution in [3.8, 4) is 0 Å². The van der Waals surface area contributed by atoms with Gasteiger partial charge in [-0.1, -0.05) is 12.1 Å². The van der Waals surface area contributed by atoms with Crippen LogP contribution in [0.1, 0.15) is 15.9 Å². The Bertz CT molecular complexity index is 985. The van der Waals surface area contributed by atoms with E-state index in [-0.39, 0.29) is 5.57 Å². The molecule has 0 saturated carbocycles. The molecule has 0 spiro atoms. The lowest BCUT2D eigenvalue weighted by Gasteiger charge is -2.22. The monoisotopic (exact) mass is 461 g/mol. The summed E-state index contributed by atoms with van der Waals surface area (Å²) >= 11 is 11.7. The van der Waals surface area contributed by atoms with E-state index in [1.54, 1.807) is 12.1 Å². The van der Waals surface area contributed by atoms with Crippen molar-refractivity contribution < 1.29 is 19.1 Å². The van der Waals surface area contributed by atoms with Crippen molar-refractivity contribution in [3.05, 3.63) is 65.2 Å². The van der Waals surface area contributed by atoms with E-state index in [4.69, 9.17) is 23.2 Å². The number of anilines is 2. The molecule has 31 heavy (non-hydrogen) atoms. The van der Waals surface area contributed by atoms with Gasteiger partial charge in [0.15, 0.2) is 0 Å². The van der Waals surface area contributed by atoms with E-state index in [0.29, 0.717) is 41.7 Å². The number of amides is 2. The maximum atomic E-state index is 12.8. The minimum Gasteiger partial charge on any atom is -0.465 e. The van der Waals surface area contributed by atoms with Crippen LogP contribution in [0.4, 0.5) is 11.4 Å². The second-order valence-electron chi connectivity index (χ2n) is 6.63. The molecule has 1 saturated heterocycles. The Labute approximate surface area is 190 Å². The van der Waals surface area contributed by atoms with E-state index in [2.05, 4.69) is 15.1 Å². The highest BCUT2D eigenvalue weighted by Crippen LogP contribution is 2.23. The highest BCUT2D eigenvalue weighted by Gasteiger charge is 2.34. The van der Waals surface area contributed by atoms with Gasteiger partial charge in [0.25, 0.3) is 11.8 Å². The number of hydrogen-bond acceptors (Lipinski definition) is 5. The molecule has 0 bridgehead atoms. The van der Waals surface area contributed by atoms with Crippen molar-refractivity contribution in [2.24, 2.45) is 0 Å². The Hall–Kier alpha value is -3.03. The van der Waals surface area contributed by atoms with Crippen LogP contribution >= 0.6 is 23.2 Å². The minimum atomic E-state index is -0.503. The average molecular weight is 462 g/mol. The Kier molecular flexibility index (Phi) is 7.55. The highest BCUT2D eigenvalue weighted by molar-refractivity contribution is 6.31. The van der Waals surface area contributed by atoms with E-state index < -0.39 is 17.8 Å². The van der Waals surface area contributed by atoms with E-state index in [1.165, 1.54) is 25.3 Å². The predicted molar refractivity (Wildman–Crippen MR) is 121 cm³/mol. The van der Waals surface area contributed by atoms with Crippen molar-refractivity contribution in [2.75, 3.05) is 41.9 Å². The zero-order valence-corrected chi connectivity index (χ0v) is 18.3. The summed E-state index contributed by atoms with van der Waals surface area (Å²) in [5.74, 6) is -0.507. The second kappa shape index (κ2) is 10.3. The maximum absolute atomic E-state index is 12.8. The lowest BCUT2D eigenvalue weighted by molar-refractivity contribution is -0.117. The van der Waals surface area contributed by atoms with Gasteiger partial charge in [0, 0.05) is 30.5 Å². The van der Waals surface area contributed by atoms with Crippen LogP contribution < -0.4 is 15.3 Å². The summed E-state index contributed by atoms with van der Waals surface area (Å²) in [6.45, 7) is 1.33. The number of ether oxygens (including phenoxy) is 1. The van der Waals surface area contributed by atoms with Gasteiger partial charge in [0.2, 0.25) is 0 Å².